The van der Waals surface area contributed by atoms with E-state index in [2.05, 4.69) is 4.90 Å². The molecule has 0 aromatic heterocycles. The zero-order valence-corrected chi connectivity index (χ0v) is 18.6. The first-order valence-corrected chi connectivity index (χ1v) is 11.9. The molecule has 0 radical (unpaired) electrons. The normalized spacial score (nSPS) is 14.8. The molecule has 0 aliphatic carbocycles. The number of morpholine rings is 1. The van der Waals surface area contributed by atoms with Crippen molar-refractivity contribution in [3.8, 4) is 5.75 Å². The summed E-state index contributed by atoms with van der Waals surface area (Å²) in [6.45, 7) is 3.67. The molecule has 1 heterocycles. The van der Waals surface area contributed by atoms with E-state index in [1.165, 1.54) is 17.5 Å². The molecule has 0 spiro atoms. The van der Waals surface area contributed by atoms with E-state index in [0.29, 0.717) is 31.2 Å². The molecular formula is C22H28N2O6S. The van der Waals surface area contributed by atoms with Gasteiger partial charge in [-0.1, -0.05) is 30.3 Å². The molecule has 2 aromatic carbocycles. The predicted octanol–water partition coefficient (Wildman–Crippen LogP) is 2.15. The Morgan fingerprint density at radius 3 is 2.48 bits per heavy atom. The van der Waals surface area contributed by atoms with E-state index in [1.54, 1.807) is 12.1 Å². The maximum atomic E-state index is 12.6. The molecule has 8 nitrogen and oxygen atoms in total. The van der Waals surface area contributed by atoms with E-state index in [4.69, 9.17) is 14.2 Å². The fourth-order valence-corrected chi connectivity index (χ4v) is 4.25. The quantitative estimate of drug-likeness (QED) is 0.544. The number of hydrogen-bond donors (Lipinski definition) is 0. The molecule has 31 heavy (non-hydrogen) atoms. The number of ether oxygens (including phenoxy) is 3. The van der Waals surface area contributed by atoms with Crippen LogP contribution < -0.4 is 9.04 Å². The second-order valence-corrected chi connectivity index (χ2v) is 9.14. The number of carbonyl (C=O) groups is 1. The number of nitrogens with zero attached hydrogens (tertiary/aromatic N) is 2. The monoisotopic (exact) mass is 448 g/mol. The number of rotatable bonds is 9. The van der Waals surface area contributed by atoms with Crippen LogP contribution in [0, 0.1) is 0 Å². The summed E-state index contributed by atoms with van der Waals surface area (Å²) in [6.07, 6.45) is 1.14. The molecule has 0 unspecified atom stereocenters. The van der Waals surface area contributed by atoms with Crippen molar-refractivity contribution in [2.75, 3.05) is 57.1 Å². The second-order valence-electron chi connectivity index (χ2n) is 7.24. The molecule has 1 aliphatic rings. The Labute approximate surface area is 183 Å². The summed E-state index contributed by atoms with van der Waals surface area (Å²) in [7, 11) is -2.14. The molecule has 0 amide bonds. The number of hydrogen-bond acceptors (Lipinski definition) is 7. The highest BCUT2D eigenvalue weighted by Gasteiger charge is 2.24. The molecule has 9 heteroatoms. The number of esters is 1. The average molecular weight is 449 g/mol. The van der Waals surface area contributed by atoms with Crippen LogP contribution in [0.1, 0.15) is 15.9 Å². The zero-order valence-electron chi connectivity index (χ0n) is 17.8. The Kier molecular flexibility index (Phi) is 7.89. The van der Waals surface area contributed by atoms with E-state index in [1.807, 2.05) is 30.3 Å². The second kappa shape index (κ2) is 10.6. The van der Waals surface area contributed by atoms with Crippen LogP contribution >= 0.6 is 0 Å². The summed E-state index contributed by atoms with van der Waals surface area (Å²) in [5.74, 6) is -0.165. The third-order valence-corrected chi connectivity index (χ3v) is 6.20. The van der Waals surface area contributed by atoms with E-state index in [-0.39, 0.29) is 18.7 Å². The summed E-state index contributed by atoms with van der Waals surface area (Å²) in [6, 6.07) is 14.0. The number of anilines is 1. The third kappa shape index (κ3) is 6.43. The Balaban J connectivity index is 1.79. The standard InChI is InChI=1S/C22H28N2O6S/c1-28-21-9-8-19(22(25)30-17-18-6-4-3-5-7-18)16-20(21)24(31(2,26)27)11-10-23-12-14-29-15-13-23/h3-9,16H,10-15,17H2,1-2H3. The largest absolute Gasteiger partial charge is 0.495 e. The Morgan fingerprint density at radius 1 is 1.13 bits per heavy atom. The van der Waals surface area contributed by atoms with Gasteiger partial charge in [-0.05, 0) is 23.8 Å². The number of sulfonamides is 1. The molecule has 1 aliphatic heterocycles. The van der Waals surface area contributed by atoms with Gasteiger partial charge < -0.3 is 14.2 Å². The summed E-state index contributed by atoms with van der Waals surface area (Å²) < 4.78 is 42.6. The van der Waals surface area contributed by atoms with Crippen LogP contribution in [0.3, 0.4) is 0 Å². The van der Waals surface area contributed by atoms with Gasteiger partial charge in [-0.15, -0.1) is 0 Å². The molecular weight excluding hydrogens is 420 g/mol. The fourth-order valence-electron chi connectivity index (χ4n) is 3.34. The van der Waals surface area contributed by atoms with Crippen LogP contribution in [-0.4, -0.2) is 72.0 Å². The molecule has 0 N–H and O–H groups in total. The maximum Gasteiger partial charge on any atom is 0.338 e. The molecule has 2 aromatic rings. The van der Waals surface area contributed by atoms with Gasteiger partial charge >= 0.3 is 5.97 Å². The number of benzene rings is 2. The minimum Gasteiger partial charge on any atom is -0.495 e. The Bertz CT molecular complexity index is 975. The summed E-state index contributed by atoms with van der Waals surface area (Å²) in [4.78, 5) is 14.7. The van der Waals surface area contributed by atoms with Crippen LogP contribution in [0.4, 0.5) is 5.69 Å². The molecule has 0 atom stereocenters. The van der Waals surface area contributed by atoms with Crippen molar-refractivity contribution in [1.29, 1.82) is 0 Å². The first-order valence-electron chi connectivity index (χ1n) is 10.1. The summed E-state index contributed by atoms with van der Waals surface area (Å²) in [5, 5.41) is 0. The summed E-state index contributed by atoms with van der Waals surface area (Å²) >= 11 is 0. The van der Waals surface area contributed by atoms with Gasteiger partial charge in [0.05, 0.1) is 37.8 Å². The Morgan fingerprint density at radius 2 is 1.84 bits per heavy atom. The van der Waals surface area contributed by atoms with E-state index in [9.17, 15) is 13.2 Å². The molecule has 0 saturated carbocycles. The lowest BCUT2D eigenvalue weighted by Gasteiger charge is -2.30. The molecule has 0 bridgehead atoms. The predicted molar refractivity (Wildman–Crippen MR) is 118 cm³/mol. The van der Waals surface area contributed by atoms with Crippen molar-refractivity contribution in [3.05, 3.63) is 59.7 Å². The lowest BCUT2D eigenvalue weighted by Crippen LogP contribution is -2.43. The lowest BCUT2D eigenvalue weighted by atomic mass is 10.2. The van der Waals surface area contributed by atoms with Crippen molar-refractivity contribution in [2.45, 2.75) is 6.61 Å². The van der Waals surface area contributed by atoms with Crippen LogP contribution in [0.2, 0.25) is 0 Å². The van der Waals surface area contributed by atoms with Crippen LogP contribution in [-0.2, 0) is 26.1 Å². The van der Waals surface area contributed by atoms with Gasteiger partial charge in [0.1, 0.15) is 12.4 Å². The van der Waals surface area contributed by atoms with E-state index in [0.717, 1.165) is 24.9 Å². The lowest BCUT2D eigenvalue weighted by molar-refractivity contribution is 0.0395. The minimum absolute atomic E-state index is 0.133. The number of methoxy groups -OCH3 is 1. The fraction of sp³-hybridized carbons (Fsp3) is 0.409. The van der Waals surface area contributed by atoms with Gasteiger partial charge in [-0.3, -0.25) is 9.21 Å². The van der Waals surface area contributed by atoms with Gasteiger partial charge in [-0.25, -0.2) is 13.2 Å². The first-order chi connectivity index (χ1) is 14.9. The smallest absolute Gasteiger partial charge is 0.338 e. The summed E-state index contributed by atoms with van der Waals surface area (Å²) in [5.41, 5.74) is 1.44. The van der Waals surface area contributed by atoms with Gasteiger partial charge in [0.15, 0.2) is 0 Å². The SMILES string of the molecule is COc1ccc(C(=O)OCc2ccccc2)cc1N(CCN1CCOCC1)S(C)(=O)=O. The van der Waals surface area contributed by atoms with Crippen molar-refractivity contribution in [2.24, 2.45) is 0 Å². The van der Waals surface area contributed by atoms with E-state index >= 15 is 0 Å². The number of carbonyl (C=O) groups excluding carboxylic acids is 1. The maximum absolute atomic E-state index is 12.6. The molecule has 1 saturated heterocycles. The van der Waals surface area contributed by atoms with Crippen molar-refractivity contribution in [1.82, 2.24) is 4.90 Å². The molecule has 168 valence electrons. The Hall–Kier alpha value is -2.62. The van der Waals surface area contributed by atoms with Crippen LogP contribution in [0.25, 0.3) is 0 Å². The highest BCUT2D eigenvalue weighted by Crippen LogP contribution is 2.31. The zero-order chi connectivity index (χ0) is 22.3. The van der Waals surface area contributed by atoms with Crippen molar-refractivity contribution < 1.29 is 27.4 Å². The topological polar surface area (TPSA) is 85.4 Å². The van der Waals surface area contributed by atoms with Gasteiger partial charge in [0.2, 0.25) is 10.0 Å². The molecule has 3 rings (SSSR count). The van der Waals surface area contributed by atoms with Crippen LogP contribution in [0.15, 0.2) is 48.5 Å². The highest BCUT2D eigenvalue weighted by molar-refractivity contribution is 7.92. The highest BCUT2D eigenvalue weighted by atomic mass is 32.2. The average Bonchev–Trinajstić information content (AvgIpc) is 2.78. The van der Waals surface area contributed by atoms with Crippen molar-refractivity contribution >= 4 is 21.7 Å². The van der Waals surface area contributed by atoms with Crippen molar-refractivity contribution in [3.63, 3.8) is 0 Å². The third-order valence-electron chi connectivity index (χ3n) is 5.02. The van der Waals surface area contributed by atoms with Gasteiger partial charge in [-0.2, -0.15) is 0 Å². The minimum atomic E-state index is -3.61. The molecule has 1 fully saturated rings. The van der Waals surface area contributed by atoms with Crippen LogP contribution in [0.5, 0.6) is 5.75 Å². The van der Waals surface area contributed by atoms with Gasteiger partial charge in [0, 0.05) is 26.2 Å². The van der Waals surface area contributed by atoms with Gasteiger partial charge in [0.25, 0.3) is 0 Å². The first kappa shape index (κ1) is 23.1. The van der Waals surface area contributed by atoms with E-state index < -0.39 is 16.0 Å².